The molecule has 0 spiro atoms. The fourth-order valence-corrected chi connectivity index (χ4v) is 3.51. The molecule has 0 aromatic heterocycles. The Balaban J connectivity index is 1.90. The second kappa shape index (κ2) is 5.21. The van der Waals surface area contributed by atoms with Gasteiger partial charge in [0.05, 0.1) is 0 Å². The summed E-state index contributed by atoms with van der Waals surface area (Å²) in [6, 6.07) is 11.5. The van der Waals surface area contributed by atoms with E-state index in [1.807, 2.05) is 0 Å². The molecule has 1 heteroatoms. The summed E-state index contributed by atoms with van der Waals surface area (Å²) >= 11 is 0. The maximum Gasteiger partial charge on any atom is -0.00722 e. The van der Waals surface area contributed by atoms with Crippen molar-refractivity contribution in [3.63, 3.8) is 0 Å². The fraction of sp³-hybridized carbons (Fsp3) is 0.474. The molecule has 20 heavy (non-hydrogen) atoms. The van der Waals surface area contributed by atoms with Gasteiger partial charge in [-0.25, -0.2) is 0 Å². The minimum Gasteiger partial charge on any atom is -0.330 e. The molecule has 0 radical (unpaired) electrons. The summed E-state index contributed by atoms with van der Waals surface area (Å²) in [7, 11) is 0. The third-order valence-corrected chi connectivity index (χ3v) is 4.86. The average molecular weight is 267 g/mol. The number of benzene rings is 2. The van der Waals surface area contributed by atoms with Gasteiger partial charge in [0, 0.05) is 0 Å². The van der Waals surface area contributed by atoms with Crippen molar-refractivity contribution in [1.82, 2.24) is 0 Å². The molecule has 0 heterocycles. The molecule has 0 unspecified atom stereocenters. The molecule has 1 aliphatic carbocycles. The largest absolute Gasteiger partial charge is 0.330 e. The zero-order valence-corrected chi connectivity index (χ0v) is 12.7. The first-order chi connectivity index (χ1) is 9.61. The third-order valence-electron chi connectivity index (χ3n) is 4.86. The van der Waals surface area contributed by atoms with Gasteiger partial charge in [0.25, 0.3) is 0 Å². The molecule has 0 amide bonds. The van der Waals surface area contributed by atoms with Crippen LogP contribution in [0.3, 0.4) is 0 Å². The molecule has 0 saturated carbocycles. The van der Waals surface area contributed by atoms with Gasteiger partial charge in [-0.1, -0.05) is 44.2 Å². The zero-order chi connectivity index (χ0) is 14.2. The van der Waals surface area contributed by atoms with E-state index in [0.29, 0.717) is 5.41 Å². The summed E-state index contributed by atoms with van der Waals surface area (Å²) in [5.41, 5.74) is 10.7. The molecule has 0 atom stereocenters. The van der Waals surface area contributed by atoms with E-state index in [9.17, 15) is 0 Å². The van der Waals surface area contributed by atoms with E-state index in [1.165, 1.54) is 30.2 Å². The molecular weight excluding hydrogens is 242 g/mol. The van der Waals surface area contributed by atoms with Gasteiger partial charge in [-0.2, -0.15) is 0 Å². The van der Waals surface area contributed by atoms with Gasteiger partial charge in [0.1, 0.15) is 0 Å². The molecule has 0 saturated heterocycles. The smallest absolute Gasteiger partial charge is 0.00722 e. The minimum atomic E-state index is 0.345. The predicted molar refractivity (Wildman–Crippen MR) is 87.1 cm³/mol. The molecule has 1 aliphatic rings. The topological polar surface area (TPSA) is 26.0 Å². The van der Waals surface area contributed by atoms with Crippen LogP contribution in [0.4, 0.5) is 0 Å². The van der Waals surface area contributed by atoms with Crippen LogP contribution in [-0.2, 0) is 19.3 Å². The second-order valence-corrected chi connectivity index (χ2v) is 6.93. The number of aryl methyl sites for hydroxylation is 3. The van der Waals surface area contributed by atoms with Crippen LogP contribution in [0.1, 0.15) is 43.4 Å². The molecule has 106 valence electrons. The highest BCUT2D eigenvalue weighted by Gasteiger charge is 2.19. The number of rotatable bonds is 5. The Kier molecular flexibility index (Phi) is 3.55. The zero-order valence-electron chi connectivity index (χ0n) is 12.7. The first-order valence-corrected chi connectivity index (χ1v) is 7.83. The highest BCUT2D eigenvalue weighted by atomic mass is 14.5. The first kappa shape index (κ1) is 13.6. The van der Waals surface area contributed by atoms with Crippen LogP contribution in [0, 0.1) is 5.41 Å². The van der Waals surface area contributed by atoms with E-state index < -0.39 is 0 Å². The Labute approximate surface area is 122 Å². The Hall–Kier alpha value is -1.34. The first-order valence-electron chi connectivity index (χ1n) is 7.83. The Morgan fingerprint density at radius 2 is 1.75 bits per heavy atom. The summed E-state index contributed by atoms with van der Waals surface area (Å²) in [6.07, 6.45) is 5.91. The van der Waals surface area contributed by atoms with Crippen LogP contribution < -0.4 is 5.73 Å². The molecule has 2 aromatic rings. The number of hydrogen-bond acceptors (Lipinski definition) is 1. The van der Waals surface area contributed by atoms with Gasteiger partial charge >= 0.3 is 0 Å². The van der Waals surface area contributed by atoms with Gasteiger partial charge in [-0.05, 0) is 71.5 Å². The van der Waals surface area contributed by atoms with Gasteiger partial charge in [0.15, 0.2) is 0 Å². The lowest BCUT2D eigenvalue weighted by Crippen LogP contribution is -2.17. The number of nitrogens with two attached hydrogens (primary N) is 1. The van der Waals surface area contributed by atoms with Crippen LogP contribution in [0.2, 0.25) is 0 Å². The lowest BCUT2D eigenvalue weighted by Gasteiger charge is -2.24. The van der Waals surface area contributed by atoms with Crippen molar-refractivity contribution >= 4 is 10.8 Å². The molecule has 0 fully saturated rings. The van der Waals surface area contributed by atoms with Crippen molar-refractivity contribution < 1.29 is 0 Å². The lowest BCUT2D eigenvalue weighted by atomic mass is 9.82. The van der Waals surface area contributed by atoms with E-state index in [0.717, 1.165) is 19.4 Å². The minimum absolute atomic E-state index is 0.345. The second-order valence-electron chi connectivity index (χ2n) is 6.93. The molecule has 2 aromatic carbocycles. The lowest BCUT2D eigenvalue weighted by molar-refractivity contribution is 0.314. The van der Waals surface area contributed by atoms with Crippen LogP contribution in [-0.4, -0.2) is 6.54 Å². The monoisotopic (exact) mass is 267 g/mol. The van der Waals surface area contributed by atoms with E-state index in [1.54, 1.807) is 16.5 Å². The molecule has 3 rings (SSSR count). The van der Waals surface area contributed by atoms with Crippen molar-refractivity contribution in [3.8, 4) is 0 Å². The van der Waals surface area contributed by atoms with E-state index >= 15 is 0 Å². The maximum absolute atomic E-state index is 5.72. The van der Waals surface area contributed by atoms with Crippen LogP contribution >= 0.6 is 0 Å². The highest BCUT2D eigenvalue weighted by molar-refractivity contribution is 5.93. The Morgan fingerprint density at radius 1 is 1.00 bits per heavy atom. The number of hydrogen-bond donors (Lipinski definition) is 1. The van der Waals surface area contributed by atoms with E-state index in [2.05, 4.69) is 44.2 Å². The molecule has 2 N–H and O–H groups in total. The van der Waals surface area contributed by atoms with Gasteiger partial charge < -0.3 is 5.73 Å². The summed E-state index contributed by atoms with van der Waals surface area (Å²) in [5, 5.41) is 3.03. The maximum atomic E-state index is 5.72. The van der Waals surface area contributed by atoms with Crippen molar-refractivity contribution in [2.24, 2.45) is 11.1 Å². The van der Waals surface area contributed by atoms with Gasteiger partial charge in [0.2, 0.25) is 0 Å². The van der Waals surface area contributed by atoms with Crippen molar-refractivity contribution in [1.29, 1.82) is 0 Å². The molecule has 1 nitrogen and oxygen atoms in total. The van der Waals surface area contributed by atoms with Gasteiger partial charge in [-0.15, -0.1) is 0 Å². The van der Waals surface area contributed by atoms with Crippen molar-refractivity contribution in [2.45, 2.75) is 46.0 Å². The quantitative estimate of drug-likeness (QED) is 0.861. The SMILES string of the molecule is CC(C)(CCN)CCc1ccc2c3c(cccc13)CC2. The van der Waals surface area contributed by atoms with Crippen molar-refractivity contribution in [2.75, 3.05) is 6.54 Å². The fourth-order valence-electron chi connectivity index (χ4n) is 3.51. The molecule has 0 bridgehead atoms. The van der Waals surface area contributed by atoms with Crippen LogP contribution in [0.5, 0.6) is 0 Å². The van der Waals surface area contributed by atoms with Gasteiger partial charge in [-0.3, -0.25) is 0 Å². The summed E-state index contributed by atoms with van der Waals surface area (Å²) in [4.78, 5) is 0. The van der Waals surface area contributed by atoms with Crippen LogP contribution in [0.15, 0.2) is 30.3 Å². The molecule has 0 aliphatic heterocycles. The summed E-state index contributed by atoms with van der Waals surface area (Å²) in [5.74, 6) is 0. The normalized spacial score (nSPS) is 14.2. The van der Waals surface area contributed by atoms with Crippen molar-refractivity contribution in [3.05, 3.63) is 47.0 Å². The third kappa shape index (κ3) is 2.47. The predicted octanol–water partition coefficient (Wildman–Crippen LogP) is 4.25. The average Bonchev–Trinajstić information content (AvgIpc) is 2.83. The summed E-state index contributed by atoms with van der Waals surface area (Å²) < 4.78 is 0. The standard InChI is InChI=1S/C19H25N/c1-19(2,12-13-20)11-10-14-6-7-16-9-8-15-4-3-5-17(14)18(15)16/h3-7H,8-13,20H2,1-2H3. The highest BCUT2D eigenvalue weighted by Crippen LogP contribution is 2.34. The molecular formula is C19H25N. The Bertz CT molecular complexity index is 615. The van der Waals surface area contributed by atoms with Crippen LogP contribution in [0.25, 0.3) is 10.8 Å². The Morgan fingerprint density at radius 3 is 2.50 bits per heavy atom. The summed E-state index contributed by atoms with van der Waals surface area (Å²) in [6.45, 7) is 5.46. The van der Waals surface area contributed by atoms with E-state index in [-0.39, 0.29) is 0 Å². The van der Waals surface area contributed by atoms with E-state index in [4.69, 9.17) is 5.73 Å².